The Morgan fingerprint density at radius 2 is 1.33 bits per heavy atom. The van der Waals surface area contributed by atoms with Crippen molar-refractivity contribution in [2.45, 2.75) is 47.3 Å². The first kappa shape index (κ1) is 31.4. The highest BCUT2D eigenvalue weighted by atomic mass is 32.2. The standard InChI is InChI=1S/C32H29N3O8S2/c1-19-14-22(4)30(45(39,40)24-16-20(2)28(36)21(3)17-24)26(15-19)42-25-12-9-13-27(44(37,38)23-10-7-6-8-11-23)29(25)43-32-34-18-33-31(35-32)41-5/h6-18,36H,1-5H3. The van der Waals surface area contributed by atoms with Crippen LogP contribution in [0.1, 0.15) is 22.3 Å². The summed E-state index contributed by atoms with van der Waals surface area (Å²) in [6, 6.07) is 17.6. The number of aromatic hydroxyl groups is 1. The van der Waals surface area contributed by atoms with Crippen LogP contribution in [0.4, 0.5) is 0 Å². The van der Waals surface area contributed by atoms with Crippen LogP contribution in [0.15, 0.2) is 98.7 Å². The number of rotatable bonds is 9. The summed E-state index contributed by atoms with van der Waals surface area (Å²) < 4.78 is 73.2. The zero-order valence-electron chi connectivity index (χ0n) is 25.0. The third-order valence-corrected chi connectivity index (χ3v) is 10.5. The van der Waals surface area contributed by atoms with Crippen LogP contribution < -0.4 is 14.2 Å². The Kier molecular flexibility index (Phi) is 8.50. The Labute approximate surface area is 261 Å². The molecule has 0 saturated heterocycles. The van der Waals surface area contributed by atoms with Gasteiger partial charge in [0.15, 0.2) is 11.5 Å². The van der Waals surface area contributed by atoms with E-state index in [2.05, 4.69) is 15.0 Å². The van der Waals surface area contributed by atoms with Crippen molar-refractivity contribution in [1.82, 2.24) is 15.0 Å². The smallest absolute Gasteiger partial charge is 0.328 e. The van der Waals surface area contributed by atoms with Gasteiger partial charge in [-0.1, -0.05) is 30.3 Å². The third kappa shape index (κ3) is 6.17. The molecule has 13 heteroatoms. The van der Waals surface area contributed by atoms with Gasteiger partial charge in [0.2, 0.25) is 19.7 Å². The van der Waals surface area contributed by atoms with Gasteiger partial charge in [-0.05, 0) is 92.4 Å². The van der Waals surface area contributed by atoms with Crippen molar-refractivity contribution in [3.05, 3.63) is 101 Å². The second-order valence-electron chi connectivity index (χ2n) is 10.2. The van der Waals surface area contributed by atoms with Crippen molar-refractivity contribution in [2.75, 3.05) is 7.11 Å². The van der Waals surface area contributed by atoms with Crippen molar-refractivity contribution in [1.29, 1.82) is 0 Å². The van der Waals surface area contributed by atoms with Gasteiger partial charge in [-0.15, -0.1) is 4.98 Å². The Balaban J connectivity index is 1.72. The lowest BCUT2D eigenvalue weighted by molar-refractivity contribution is 0.348. The van der Waals surface area contributed by atoms with Crippen molar-refractivity contribution in [3.8, 4) is 35.0 Å². The van der Waals surface area contributed by atoms with Crippen LogP contribution in [0.25, 0.3) is 0 Å². The van der Waals surface area contributed by atoms with Crippen molar-refractivity contribution < 1.29 is 36.2 Å². The van der Waals surface area contributed by atoms with Crippen LogP contribution in [0.5, 0.6) is 35.0 Å². The highest BCUT2D eigenvalue weighted by Crippen LogP contribution is 2.44. The summed E-state index contributed by atoms with van der Waals surface area (Å²) >= 11 is 0. The van der Waals surface area contributed by atoms with E-state index in [1.807, 2.05) is 0 Å². The van der Waals surface area contributed by atoms with Gasteiger partial charge in [0, 0.05) is 0 Å². The average molecular weight is 648 g/mol. The maximum absolute atomic E-state index is 14.1. The lowest BCUT2D eigenvalue weighted by Crippen LogP contribution is -2.09. The largest absolute Gasteiger partial charge is 0.507 e. The summed E-state index contributed by atoms with van der Waals surface area (Å²) in [7, 11) is -7.04. The van der Waals surface area contributed by atoms with E-state index in [0.717, 1.165) is 6.33 Å². The fourth-order valence-electron chi connectivity index (χ4n) is 4.76. The van der Waals surface area contributed by atoms with E-state index < -0.39 is 19.7 Å². The van der Waals surface area contributed by atoms with Gasteiger partial charge < -0.3 is 19.3 Å². The van der Waals surface area contributed by atoms with Crippen LogP contribution in [0.3, 0.4) is 0 Å². The molecule has 0 aliphatic rings. The number of nitrogens with zero attached hydrogens (tertiary/aromatic N) is 3. The number of aryl methyl sites for hydroxylation is 4. The number of hydrogen-bond acceptors (Lipinski definition) is 11. The van der Waals surface area contributed by atoms with Crippen LogP contribution in [-0.4, -0.2) is 44.0 Å². The van der Waals surface area contributed by atoms with Gasteiger partial charge >= 0.3 is 12.0 Å². The molecular formula is C32H29N3O8S2. The van der Waals surface area contributed by atoms with Gasteiger partial charge in [-0.2, -0.15) is 9.97 Å². The molecule has 0 amide bonds. The second-order valence-corrected chi connectivity index (χ2v) is 14.0. The van der Waals surface area contributed by atoms with E-state index in [9.17, 15) is 21.9 Å². The first-order valence-electron chi connectivity index (χ1n) is 13.5. The quantitative estimate of drug-likeness (QED) is 0.198. The summed E-state index contributed by atoms with van der Waals surface area (Å²) in [4.78, 5) is 11.4. The van der Waals surface area contributed by atoms with E-state index in [0.29, 0.717) is 22.3 Å². The number of phenols is 1. The Hall–Kier alpha value is -5.01. The van der Waals surface area contributed by atoms with Gasteiger partial charge in [0.05, 0.1) is 16.9 Å². The maximum Gasteiger partial charge on any atom is 0.328 e. The van der Waals surface area contributed by atoms with E-state index in [-0.39, 0.29) is 54.6 Å². The monoisotopic (exact) mass is 647 g/mol. The van der Waals surface area contributed by atoms with Crippen LogP contribution in [0.2, 0.25) is 0 Å². The minimum absolute atomic E-state index is 0.000700. The summed E-state index contributed by atoms with van der Waals surface area (Å²) in [6.07, 6.45) is 1.13. The average Bonchev–Trinajstić information content (AvgIpc) is 3.00. The van der Waals surface area contributed by atoms with E-state index in [1.165, 1.54) is 55.6 Å². The number of phenolic OH excluding ortho intramolecular Hbond substituents is 1. The van der Waals surface area contributed by atoms with Gasteiger partial charge in [-0.25, -0.2) is 16.8 Å². The minimum Gasteiger partial charge on any atom is -0.507 e. The molecule has 5 aromatic rings. The van der Waals surface area contributed by atoms with Crippen LogP contribution in [0, 0.1) is 27.7 Å². The number of methoxy groups -OCH3 is 1. The highest BCUT2D eigenvalue weighted by molar-refractivity contribution is 7.92. The number of sulfone groups is 2. The molecule has 0 atom stereocenters. The number of hydrogen-bond donors (Lipinski definition) is 1. The molecule has 4 aromatic carbocycles. The zero-order chi connectivity index (χ0) is 32.5. The predicted molar refractivity (Wildman–Crippen MR) is 164 cm³/mol. The fraction of sp³-hybridized carbons (Fsp3) is 0.156. The summed E-state index contributed by atoms with van der Waals surface area (Å²) in [5.41, 5.74) is 1.87. The number of aromatic nitrogens is 3. The molecule has 232 valence electrons. The van der Waals surface area contributed by atoms with Crippen LogP contribution in [-0.2, 0) is 19.7 Å². The molecule has 1 aromatic heterocycles. The molecule has 11 nitrogen and oxygen atoms in total. The topological polar surface area (TPSA) is 155 Å². The first-order valence-corrected chi connectivity index (χ1v) is 16.5. The van der Waals surface area contributed by atoms with Crippen LogP contribution >= 0.6 is 0 Å². The highest BCUT2D eigenvalue weighted by Gasteiger charge is 2.30. The molecule has 0 radical (unpaired) electrons. The second kappa shape index (κ2) is 12.2. The Bertz CT molecular complexity index is 2110. The molecule has 0 saturated carbocycles. The summed E-state index contributed by atoms with van der Waals surface area (Å²) in [5, 5.41) is 10.3. The predicted octanol–water partition coefficient (Wildman–Crippen LogP) is 6.07. The number of benzene rings is 4. The summed E-state index contributed by atoms with van der Waals surface area (Å²) in [6.45, 7) is 6.63. The Morgan fingerprint density at radius 1 is 0.667 bits per heavy atom. The molecule has 1 N–H and O–H groups in total. The lowest BCUT2D eigenvalue weighted by atomic mass is 10.1. The lowest BCUT2D eigenvalue weighted by Gasteiger charge is -2.19. The molecule has 5 rings (SSSR count). The molecule has 0 aliphatic heterocycles. The molecule has 0 fully saturated rings. The van der Waals surface area contributed by atoms with Gasteiger partial charge in [0.25, 0.3) is 0 Å². The van der Waals surface area contributed by atoms with E-state index >= 15 is 0 Å². The SMILES string of the molecule is COc1ncnc(Oc2c(Oc3cc(C)cc(C)c3S(=O)(=O)c3cc(C)c(O)c(C)c3)cccc2S(=O)(=O)c2ccccc2)n1. The van der Waals surface area contributed by atoms with Crippen molar-refractivity contribution in [3.63, 3.8) is 0 Å². The van der Waals surface area contributed by atoms with Gasteiger partial charge in [0.1, 0.15) is 27.6 Å². The van der Waals surface area contributed by atoms with Gasteiger partial charge in [-0.3, -0.25) is 0 Å². The summed E-state index contributed by atoms with van der Waals surface area (Å²) in [5.74, 6) is -0.471. The maximum atomic E-state index is 14.1. The molecule has 0 bridgehead atoms. The molecule has 0 unspecified atom stereocenters. The van der Waals surface area contributed by atoms with Crippen molar-refractivity contribution in [2.24, 2.45) is 0 Å². The normalized spacial score (nSPS) is 11.7. The first-order chi connectivity index (χ1) is 21.3. The third-order valence-electron chi connectivity index (χ3n) is 6.84. The van der Waals surface area contributed by atoms with E-state index in [4.69, 9.17) is 14.2 Å². The molecular weight excluding hydrogens is 618 g/mol. The molecule has 0 spiro atoms. The Morgan fingerprint density at radius 3 is 2.00 bits per heavy atom. The molecule has 1 heterocycles. The zero-order valence-corrected chi connectivity index (χ0v) is 26.6. The molecule has 45 heavy (non-hydrogen) atoms. The van der Waals surface area contributed by atoms with E-state index in [1.54, 1.807) is 52.0 Å². The number of ether oxygens (including phenoxy) is 3. The molecule has 0 aliphatic carbocycles. The fourth-order valence-corrected chi connectivity index (χ4v) is 7.93. The van der Waals surface area contributed by atoms with Crippen molar-refractivity contribution >= 4 is 19.7 Å². The minimum atomic E-state index is -4.21. The number of para-hydroxylation sites is 1.